The lowest BCUT2D eigenvalue weighted by molar-refractivity contribution is -0.141. The van der Waals surface area contributed by atoms with Crippen LogP contribution in [0.15, 0.2) is 0 Å². The zero-order valence-corrected chi connectivity index (χ0v) is 14.1. The molecule has 11 nitrogen and oxygen atoms in total. The molecule has 0 aromatic rings. The molecule has 0 saturated carbocycles. The third-order valence-electron chi connectivity index (χ3n) is 3.43. The minimum Gasteiger partial charge on any atom is -0.481 e. The van der Waals surface area contributed by atoms with E-state index in [1.807, 2.05) is 12.2 Å². The lowest BCUT2D eigenvalue weighted by Gasteiger charge is -2.22. The predicted molar refractivity (Wildman–Crippen MR) is 85.3 cm³/mol. The molecule has 0 aliphatic carbocycles. The molecule has 0 fully saturated rings. The van der Waals surface area contributed by atoms with Gasteiger partial charge in [-0.25, -0.2) is 0 Å². The van der Waals surface area contributed by atoms with Gasteiger partial charge in [-0.1, -0.05) is 20.3 Å². The molecule has 0 rings (SSSR count). The van der Waals surface area contributed by atoms with Crippen molar-refractivity contribution in [1.29, 1.82) is 0 Å². The van der Waals surface area contributed by atoms with Gasteiger partial charge in [-0.3, -0.25) is 24.0 Å². The molecule has 11 heteroatoms. The summed E-state index contributed by atoms with van der Waals surface area (Å²) in [5, 5.41) is 23.7. The Morgan fingerprint density at radius 1 is 0.960 bits per heavy atom. The number of hydrogen-bond donors (Lipinski definition) is 6. The summed E-state index contributed by atoms with van der Waals surface area (Å²) in [4.78, 5) is 56.5. The standard InChI is InChI=1S/C14H24N4O7/c1-3-7(2)12(15)14(25)18-8(4-10(20)21)13(24)17-5-9(19)16-6-11(22)23/h7-8,12H,3-6,15H2,1-2H3,(H,16,19)(H,17,24)(H,18,25)(H,20,21)(H,22,23). The van der Waals surface area contributed by atoms with Crippen molar-refractivity contribution in [1.82, 2.24) is 16.0 Å². The first kappa shape index (κ1) is 22.3. The summed E-state index contributed by atoms with van der Waals surface area (Å²) >= 11 is 0. The third kappa shape index (κ3) is 9.25. The normalized spacial score (nSPS) is 13.9. The van der Waals surface area contributed by atoms with E-state index in [2.05, 4.69) is 10.6 Å². The maximum atomic E-state index is 12.0. The Kier molecular flexibility index (Phi) is 9.79. The van der Waals surface area contributed by atoms with Crippen LogP contribution in [0.2, 0.25) is 0 Å². The van der Waals surface area contributed by atoms with E-state index in [1.165, 1.54) is 0 Å². The molecule has 0 spiro atoms. The average molecular weight is 360 g/mol. The van der Waals surface area contributed by atoms with Crippen LogP contribution in [0.25, 0.3) is 0 Å². The van der Waals surface area contributed by atoms with Crippen LogP contribution in [0.3, 0.4) is 0 Å². The van der Waals surface area contributed by atoms with E-state index < -0.39 is 61.3 Å². The monoisotopic (exact) mass is 360 g/mol. The molecule has 0 aromatic carbocycles. The number of carboxylic acids is 2. The van der Waals surface area contributed by atoms with Crippen molar-refractivity contribution in [3.8, 4) is 0 Å². The second-order valence-electron chi connectivity index (χ2n) is 5.46. The first-order valence-electron chi connectivity index (χ1n) is 7.62. The zero-order valence-electron chi connectivity index (χ0n) is 14.1. The summed E-state index contributed by atoms with van der Waals surface area (Å²) in [6.45, 7) is 2.39. The summed E-state index contributed by atoms with van der Waals surface area (Å²) in [5.74, 6) is -5.09. The molecular weight excluding hydrogens is 336 g/mol. The second-order valence-corrected chi connectivity index (χ2v) is 5.46. The Bertz CT molecular complexity index is 523. The first-order valence-corrected chi connectivity index (χ1v) is 7.62. The third-order valence-corrected chi connectivity index (χ3v) is 3.43. The van der Waals surface area contributed by atoms with E-state index in [9.17, 15) is 24.0 Å². The smallest absolute Gasteiger partial charge is 0.322 e. The van der Waals surface area contributed by atoms with Crippen molar-refractivity contribution in [2.75, 3.05) is 13.1 Å². The quantitative estimate of drug-likeness (QED) is 0.236. The number of aliphatic carboxylic acids is 2. The van der Waals surface area contributed by atoms with Crippen LogP contribution in [0, 0.1) is 5.92 Å². The van der Waals surface area contributed by atoms with E-state index in [0.717, 1.165) is 0 Å². The fourth-order valence-electron chi connectivity index (χ4n) is 1.69. The Labute approximate surface area is 144 Å². The Morgan fingerprint density at radius 3 is 2.04 bits per heavy atom. The van der Waals surface area contributed by atoms with Crippen LogP contribution < -0.4 is 21.7 Å². The molecule has 0 heterocycles. The lowest BCUT2D eigenvalue weighted by Crippen LogP contribution is -2.54. The Hall–Kier alpha value is -2.69. The van der Waals surface area contributed by atoms with Gasteiger partial charge in [0.25, 0.3) is 0 Å². The van der Waals surface area contributed by atoms with Gasteiger partial charge in [-0.15, -0.1) is 0 Å². The maximum absolute atomic E-state index is 12.0. The number of carbonyl (C=O) groups is 5. The SMILES string of the molecule is CCC(C)C(N)C(=O)NC(CC(=O)O)C(=O)NCC(=O)NCC(=O)O. The highest BCUT2D eigenvalue weighted by molar-refractivity contribution is 5.94. The largest absolute Gasteiger partial charge is 0.481 e. The van der Waals surface area contributed by atoms with Gasteiger partial charge < -0.3 is 31.9 Å². The van der Waals surface area contributed by atoms with Crippen molar-refractivity contribution in [2.24, 2.45) is 11.7 Å². The molecule has 3 atom stereocenters. The number of rotatable bonds is 11. The molecule has 0 saturated heterocycles. The number of nitrogens with two attached hydrogens (primary N) is 1. The molecule has 3 amide bonds. The lowest BCUT2D eigenvalue weighted by atomic mass is 9.99. The van der Waals surface area contributed by atoms with Gasteiger partial charge in [0.15, 0.2) is 0 Å². The van der Waals surface area contributed by atoms with Crippen LogP contribution in [-0.2, 0) is 24.0 Å². The van der Waals surface area contributed by atoms with Crippen LogP contribution in [0.5, 0.6) is 0 Å². The van der Waals surface area contributed by atoms with E-state index in [-0.39, 0.29) is 5.92 Å². The molecule has 3 unspecified atom stereocenters. The maximum Gasteiger partial charge on any atom is 0.322 e. The van der Waals surface area contributed by atoms with Gasteiger partial charge in [-0.2, -0.15) is 0 Å². The number of carbonyl (C=O) groups excluding carboxylic acids is 3. The van der Waals surface area contributed by atoms with Crippen molar-refractivity contribution in [3.63, 3.8) is 0 Å². The van der Waals surface area contributed by atoms with Crippen molar-refractivity contribution >= 4 is 29.7 Å². The van der Waals surface area contributed by atoms with Crippen molar-refractivity contribution < 1.29 is 34.2 Å². The van der Waals surface area contributed by atoms with Gasteiger partial charge in [-0.05, 0) is 5.92 Å². The molecule has 0 radical (unpaired) electrons. The summed E-state index contributed by atoms with van der Waals surface area (Å²) in [6.07, 6.45) is -0.0737. The highest BCUT2D eigenvalue weighted by Gasteiger charge is 2.28. The van der Waals surface area contributed by atoms with E-state index in [4.69, 9.17) is 15.9 Å². The van der Waals surface area contributed by atoms with E-state index >= 15 is 0 Å². The van der Waals surface area contributed by atoms with Crippen LogP contribution in [-0.4, -0.2) is 65.0 Å². The highest BCUT2D eigenvalue weighted by atomic mass is 16.4. The van der Waals surface area contributed by atoms with Crippen LogP contribution >= 0.6 is 0 Å². The van der Waals surface area contributed by atoms with E-state index in [1.54, 1.807) is 6.92 Å². The summed E-state index contributed by atoms with van der Waals surface area (Å²) in [6, 6.07) is -2.32. The van der Waals surface area contributed by atoms with Gasteiger partial charge in [0.2, 0.25) is 17.7 Å². The molecule has 0 aromatic heterocycles. The van der Waals surface area contributed by atoms with E-state index in [0.29, 0.717) is 6.42 Å². The average Bonchev–Trinajstić information content (AvgIpc) is 2.54. The number of carboxylic acid groups (broad SMARTS) is 2. The van der Waals surface area contributed by atoms with Gasteiger partial charge >= 0.3 is 11.9 Å². The van der Waals surface area contributed by atoms with Crippen molar-refractivity contribution in [2.45, 2.75) is 38.8 Å². The van der Waals surface area contributed by atoms with Crippen LogP contribution in [0.1, 0.15) is 26.7 Å². The van der Waals surface area contributed by atoms with Crippen molar-refractivity contribution in [3.05, 3.63) is 0 Å². The van der Waals surface area contributed by atoms with Gasteiger partial charge in [0.05, 0.1) is 19.0 Å². The van der Waals surface area contributed by atoms with Gasteiger partial charge in [0.1, 0.15) is 12.6 Å². The molecule has 7 N–H and O–H groups in total. The Morgan fingerprint density at radius 2 is 1.56 bits per heavy atom. The predicted octanol–water partition coefficient (Wildman–Crippen LogP) is -2.36. The van der Waals surface area contributed by atoms with Crippen LogP contribution in [0.4, 0.5) is 0 Å². The second kappa shape index (κ2) is 11.0. The van der Waals surface area contributed by atoms with Gasteiger partial charge in [0, 0.05) is 0 Å². The fraction of sp³-hybridized carbons (Fsp3) is 0.643. The Balaban J connectivity index is 4.71. The zero-order chi connectivity index (χ0) is 19.6. The number of hydrogen-bond acceptors (Lipinski definition) is 6. The highest BCUT2D eigenvalue weighted by Crippen LogP contribution is 2.06. The minimum atomic E-state index is -1.41. The number of amides is 3. The molecule has 0 aliphatic rings. The topological polar surface area (TPSA) is 188 Å². The summed E-state index contributed by atoms with van der Waals surface area (Å²) in [7, 11) is 0. The summed E-state index contributed by atoms with van der Waals surface area (Å²) in [5.41, 5.74) is 5.73. The number of nitrogens with one attached hydrogen (secondary N) is 3. The summed E-state index contributed by atoms with van der Waals surface area (Å²) < 4.78 is 0. The molecule has 0 aliphatic heterocycles. The minimum absolute atomic E-state index is 0.171. The molecule has 0 bridgehead atoms. The molecule has 25 heavy (non-hydrogen) atoms. The molecular formula is C14H24N4O7. The molecule has 142 valence electrons. The fourth-order valence-corrected chi connectivity index (χ4v) is 1.69. The first-order chi connectivity index (χ1) is 11.6.